The second kappa shape index (κ2) is 3.42. The fourth-order valence-electron chi connectivity index (χ4n) is 1.77. The lowest BCUT2D eigenvalue weighted by Crippen LogP contribution is -1.98. The molecular formula is C10H14N4O. The Labute approximate surface area is 87.9 Å². The molecule has 80 valence electrons. The van der Waals surface area contributed by atoms with E-state index >= 15 is 0 Å². The van der Waals surface area contributed by atoms with Gasteiger partial charge in [-0.2, -0.15) is 5.10 Å². The molecule has 0 aliphatic carbocycles. The maximum atomic E-state index is 5.52. The Morgan fingerprint density at radius 3 is 2.67 bits per heavy atom. The van der Waals surface area contributed by atoms with Crippen LogP contribution in [0.2, 0.25) is 0 Å². The third-order valence-electron chi connectivity index (χ3n) is 2.46. The monoisotopic (exact) mass is 206 g/mol. The van der Waals surface area contributed by atoms with Crippen molar-refractivity contribution >= 4 is 5.82 Å². The van der Waals surface area contributed by atoms with E-state index in [1.807, 2.05) is 18.5 Å². The SMILES string of the molecule is CCn1nc(C)c(-c2cc(N)no2)c1C. The fourth-order valence-corrected chi connectivity index (χ4v) is 1.77. The minimum atomic E-state index is 0.396. The molecule has 15 heavy (non-hydrogen) atoms. The van der Waals surface area contributed by atoms with Gasteiger partial charge in [0.25, 0.3) is 0 Å². The maximum Gasteiger partial charge on any atom is 0.172 e. The highest BCUT2D eigenvalue weighted by Gasteiger charge is 2.16. The average Bonchev–Trinajstić information content (AvgIpc) is 2.71. The van der Waals surface area contributed by atoms with E-state index in [0.29, 0.717) is 11.6 Å². The van der Waals surface area contributed by atoms with Gasteiger partial charge in [0.2, 0.25) is 0 Å². The van der Waals surface area contributed by atoms with E-state index in [0.717, 1.165) is 23.5 Å². The van der Waals surface area contributed by atoms with Crippen molar-refractivity contribution in [3.63, 3.8) is 0 Å². The molecule has 0 radical (unpaired) electrons. The Morgan fingerprint density at radius 2 is 2.20 bits per heavy atom. The number of aromatic nitrogens is 3. The van der Waals surface area contributed by atoms with Crippen LogP contribution in [0.5, 0.6) is 0 Å². The Bertz CT molecular complexity index is 484. The van der Waals surface area contributed by atoms with Crippen molar-refractivity contribution < 1.29 is 4.52 Å². The minimum Gasteiger partial charge on any atom is -0.381 e. The summed E-state index contributed by atoms with van der Waals surface area (Å²) >= 11 is 0. The second-order valence-corrected chi connectivity index (χ2v) is 3.48. The predicted molar refractivity (Wildman–Crippen MR) is 57.3 cm³/mol. The van der Waals surface area contributed by atoms with Crippen LogP contribution in [0.15, 0.2) is 10.6 Å². The van der Waals surface area contributed by atoms with Crippen LogP contribution in [0.3, 0.4) is 0 Å². The number of hydrogen-bond acceptors (Lipinski definition) is 4. The molecule has 5 heteroatoms. The Balaban J connectivity index is 2.57. The molecule has 0 saturated carbocycles. The first-order chi connectivity index (χ1) is 7.13. The second-order valence-electron chi connectivity index (χ2n) is 3.48. The first kappa shape index (κ1) is 9.76. The van der Waals surface area contributed by atoms with E-state index < -0.39 is 0 Å². The van der Waals surface area contributed by atoms with Crippen molar-refractivity contribution in [3.05, 3.63) is 17.5 Å². The van der Waals surface area contributed by atoms with Gasteiger partial charge in [0.1, 0.15) is 0 Å². The summed E-state index contributed by atoms with van der Waals surface area (Å²) in [6, 6.07) is 1.72. The van der Waals surface area contributed by atoms with E-state index in [4.69, 9.17) is 10.3 Å². The van der Waals surface area contributed by atoms with Gasteiger partial charge in [0.05, 0.1) is 11.3 Å². The van der Waals surface area contributed by atoms with Gasteiger partial charge in [0, 0.05) is 18.3 Å². The third-order valence-corrected chi connectivity index (χ3v) is 2.46. The molecule has 2 aromatic rings. The highest BCUT2D eigenvalue weighted by Crippen LogP contribution is 2.27. The summed E-state index contributed by atoms with van der Waals surface area (Å²) in [5.74, 6) is 1.08. The molecule has 0 saturated heterocycles. The molecule has 0 atom stereocenters. The smallest absolute Gasteiger partial charge is 0.172 e. The van der Waals surface area contributed by atoms with E-state index in [-0.39, 0.29) is 0 Å². The van der Waals surface area contributed by atoms with E-state index in [1.165, 1.54) is 0 Å². The first-order valence-corrected chi connectivity index (χ1v) is 4.90. The Hall–Kier alpha value is -1.78. The van der Waals surface area contributed by atoms with Gasteiger partial charge in [-0.05, 0) is 20.8 Å². The quantitative estimate of drug-likeness (QED) is 0.812. The van der Waals surface area contributed by atoms with Crippen LogP contribution in [0.4, 0.5) is 5.82 Å². The predicted octanol–water partition coefficient (Wildman–Crippen LogP) is 1.76. The van der Waals surface area contributed by atoms with Crippen molar-refractivity contribution in [1.82, 2.24) is 14.9 Å². The van der Waals surface area contributed by atoms with Crippen LogP contribution >= 0.6 is 0 Å². The molecular weight excluding hydrogens is 192 g/mol. The van der Waals surface area contributed by atoms with Crippen LogP contribution in [0.1, 0.15) is 18.3 Å². The highest BCUT2D eigenvalue weighted by atomic mass is 16.5. The molecule has 2 aromatic heterocycles. The van der Waals surface area contributed by atoms with Crippen LogP contribution in [-0.2, 0) is 6.54 Å². The minimum absolute atomic E-state index is 0.396. The summed E-state index contributed by atoms with van der Waals surface area (Å²) in [5, 5.41) is 8.08. The van der Waals surface area contributed by atoms with Gasteiger partial charge in [0.15, 0.2) is 11.6 Å². The molecule has 0 aliphatic heterocycles. The van der Waals surface area contributed by atoms with E-state index in [9.17, 15) is 0 Å². The third kappa shape index (κ3) is 1.49. The number of nitrogen functional groups attached to an aromatic ring is 1. The molecule has 0 spiro atoms. The number of nitrogens with zero attached hydrogens (tertiary/aromatic N) is 3. The van der Waals surface area contributed by atoms with Crippen LogP contribution in [-0.4, -0.2) is 14.9 Å². The highest BCUT2D eigenvalue weighted by molar-refractivity contribution is 5.65. The van der Waals surface area contributed by atoms with Crippen molar-refractivity contribution in [3.8, 4) is 11.3 Å². The molecule has 2 heterocycles. The molecule has 0 fully saturated rings. The van der Waals surface area contributed by atoms with E-state index in [2.05, 4.69) is 17.2 Å². The summed E-state index contributed by atoms with van der Waals surface area (Å²) in [4.78, 5) is 0. The van der Waals surface area contributed by atoms with E-state index in [1.54, 1.807) is 6.07 Å². The van der Waals surface area contributed by atoms with Gasteiger partial charge in [-0.15, -0.1) is 0 Å². The molecule has 0 amide bonds. The topological polar surface area (TPSA) is 69.9 Å². The van der Waals surface area contributed by atoms with Gasteiger partial charge >= 0.3 is 0 Å². The van der Waals surface area contributed by atoms with Crippen LogP contribution in [0.25, 0.3) is 11.3 Å². The lowest BCUT2D eigenvalue weighted by molar-refractivity contribution is 0.435. The zero-order valence-electron chi connectivity index (χ0n) is 9.11. The first-order valence-electron chi connectivity index (χ1n) is 4.90. The van der Waals surface area contributed by atoms with Crippen molar-refractivity contribution in [1.29, 1.82) is 0 Å². The summed E-state index contributed by atoms with van der Waals surface area (Å²) in [6.07, 6.45) is 0. The zero-order chi connectivity index (χ0) is 11.0. The molecule has 2 rings (SSSR count). The number of aryl methyl sites for hydroxylation is 2. The summed E-state index contributed by atoms with van der Waals surface area (Å²) in [7, 11) is 0. The largest absolute Gasteiger partial charge is 0.381 e. The maximum absolute atomic E-state index is 5.52. The molecule has 0 bridgehead atoms. The molecule has 0 aromatic carbocycles. The van der Waals surface area contributed by atoms with Crippen LogP contribution in [0, 0.1) is 13.8 Å². The standard InChI is InChI=1S/C10H14N4O/c1-4-14-7(3)10(6(2)12-14)8-5-9(11)13-15-8/h5H,4H2,1-3H3,(H2,11,13). The summed E-state index contributed by atoms with van der Waals surface area (Å²) < 4.78 is 7.08. The van der Waals surface area contributed by atoms with Gasteiger partial charge in [-0.1, -0.05) is 5.16 Å². The molecule has 2 N–H and O–H groups in total. The fraction of sp³-hybridized carbons (Fsp3) is 0.400. The Morgan fingerprint density at radius 1 is 1.47 bits per heavy atom. The zero-order valence-corrected chi connectivity index (χ0v) is 9.11. The number of rotatable bonds is 2. The van der Waals surface area contributed by atoms with Gasteiger partial charge in [-0.3, -0.25) is 4.68 Å². The number of hydrogen-bond donors (Lipinski definition) is 1. The Kier molecular flexibility index (Phi) is 2.22. The molecule has 5 nitrogen and oxygen atoms in total. The molecule has 0 unspecified atom stereocenters. The van der Waals surface area contributed by atoms with Crippen molar-refractivity contribution in [2.45, 2.75) is 27.3 Å². The van der Waals surface area contributed by atoms with Gasteiger partial charge < -0.3 is 10.3 Å². The van der Waals surface area contributed by atoms with Gasteiger partial charge in [-0.25, -0.2) is 0 Å². The lowest BCUT2D eigenvalue weighted by atomic mass is 10.1. The van der Waals surface area contributed by atoms with Crippen molar-refractivity contribution in [2.24, 2.45) is 0 Å². The number of nitrogens with two attached hydrogens (primary N) is 1. The van der Waals surface area contributed by atoms with Crippen molar-refractivity contribution in [2.75, 3.05) is 5.73 Å². The summed E-state index contributed by atoms with van der Waals surface area (Å²) in [6.45, 7) is 6.86. The van der Waals surface area contributed by atoms with Crippen LogP contribution < -0.4 is 5.73 Å². The normalized spacial score (nSPS) is 10.9. The molecule has 0 aliphatic rings. The number of anilines is 1. The average molecular weight is 206 g/mol. The summed E-state index contributed by atoms with van der Waals surface area (Å²) in [5.41, 5.74) is 8.52. The lowest BCUT2D eigenvalue weighted by Gasteiger charge is -1.98.